The fourth-order valence-electron chi connectivity index (χ4n) is 2.80. The molecular weight excluding hydrogens is 632 g/mol. The summed E-state index contributed by atoms with van der Waals surface area (Å²) < 4.78 is 274. The zero-order chi connectivity index (χ0) is 32.7. The fraction of sp³-hybridized carbons (Fsp3) is 0.875. The van der Waals surface area contributed by atoms with Gasteiger partial charge in [0.2, 0.25) is 12.2 Å². The molecular formula is C16H8F20N2O2. The number of nitrogens with zero attached hydrogens (tertiary/aromatic N) is 2. The molecule has 0 bridgehead atoms. The fourth-order valence-corrected chi connectivity index (χ4v) is 2.80. The summed E-state index contributed by atoms with van der Waals surface area (Å²) in [5, 5.41) is 0. The van der Waals surface area contributed by atoms with E-state index in [9.17, 15) is 97.4 Å². The molecule has 0 saturated carbocycles. The Labute approximate surface area is 206 Å². The normalized spacial score (nSPS) is 17.8. The molecule has 0 aromatic carbocycles. The molecule has 0 aliphatic carbocycles. The van der Waals surface area contributed by atoms with E-state index in [1.54, 1.807) is 0 Å². The van der Waals surface area contributed by atoms with Gasteiger partial charge >= 0.3 is 53.6 Å². The lowest BCUT2D eigenvalue weighted by Gasteiger charge is -2.49. The number of aliphatic imine (C=N–C) groups is 2. The van der Waals surface area contributed by atoms with E-state index in [0.29, 0.717) is 6.08 Å². The summed E-state index contributed by atoms with van der Waals surface area (Å²) in [6, 6.07) is 0. The van der Waals surface area contributed by atoms with Gasteiger partial charge in [0, 0.05) is 12.8 Å². The lowest BCUT2D eigenvalue weighted by Crippen LogP contribution is -2.81. The van der Waals surface area contributed by atoms with E-state index in [0.717, 1.165) is 0 Å². The molecule has 2 atom stereocenters. The third-order valence-corrected chi connectivity index (χ3v) is 5.08. The summed E-state index contributed by atoms with van der Waals surface area (Å²) in [4.78, 5) is 23.5. The third-order valence-electron chi connectivity index (χ3n) is 5.08. The maximum absolute atomic E-state index is 14.6. The highest BCUT2D eigenvalue weighted by molar-refractivity contribution is 5.33. The van der Waals surface area contributed by atoms with Crippen molar-refractivity contribution in [1.82, 2.24) is 0 Å². The second-order valence-electron chi connectivity index (χ2n) is 7.48. The van der Waals surface area contributed by atoms with Gasteiger partial charge < -0.3 is 0 Å². The SMILES string of the molecule is O=C=NCCC(F)(F)C(F)(F)C(F)(F)C(F)(F)C(F)(F)C(F)(C(F)(F)F)C(F)(F)C(F)(CCN=C=O)C(F)(F)F. The zero-order valence-electron chi connectivity index (χ0n) is 18.1. The molecule has 0 heterocycles. The Kier molecular flexibility index (Phi) is 9.94. The van der Waals surface area contributed by atoms with Crippen molar-refractivity contribution in [2.75, 3.05) is 13.1 Å². The van der Waals surface area contributed by atoms with Crippen LogP contribution in [0.25, 0.3) is 0 Å². The molecule has 0 amide bonds. The van der Waals surface area contributed by atoms with Crippen LogP contribution in [0.4, 0.5) is 87.8 Å². The average molecular weight is 640 g/mol. The molecule has 0 spiro atoms. The number of isocyanates is 2. The molecule has 0 rings (SSSR count). The number of rotatable bonds is 13. The van der Waals surface area contributed by atoms with Gasteiger partial charge in [-0.2, -0.15) is 79.0 Å². The molecule has 2 unspecified atom stereocenters. The molecule has 0 aromatic heterocycles. The van der Waals surface area contributed by atoms with Crippen LogP contribution < -0.4 is 0 Å². The van der Waals surface area contributed by atoms with E-state index in [-0.39, 0.29) is 6.08 Å². The molecule has 24 heteroatoms. The standard InChI is InChI=1S/C16H8F20N2O2/c17-7(15(31,32)33,1-3-37-5-39)10(21,22)9(20,16(34,35)36)12(25,26)14(29,30)13(27,28)11(23,24)8(18,19)2-4-38-6-40/h1-4H2. The molecule has 0 saturated heterocycles. The van der Waals surface area contributed by atoms with Crippen molar-refractivity contribution in [2.45, 2.75) is 72.1 Å². The average Bonchev–Trinajstić information content (AvgIpc) is 2.76. The van der Waals surface area contributed by atoms with Gasteiger partial charge in [0.25, 0.3) is 5.67 Å². The Bertz CT molecular complexity index is 1010. The van der Waals surface area contributed by atoms with Crippen LogP contribution in [0.15, 0.2) is 9.98 Å². The lowest BCUT2D eigenvalue weighted by molar-refractivity contribution is -0.470. The topological polar surface area (TPSA) is 58.9 Å². The maximum Gasteiger partial charge on any atom is 0.435 e. The first-order valence-electron chi connectivity index (χ1n) is 9.22. The zero-order valence-corrected chi connectivity index (χ0v) is 18.1. The summed E-state index contributed by atoms with van der Waals surface area (Å²) in [5.74, 6) is -50.9. The first-order valence-corrected chi connectivity index (χ1v) is 9.22. The smallest absolute Gasteiger partial charge is 0.227 e. The summed E-state index contributed by atoms with van der Waals surface area (Å²) in [7, 11) is 0. The van der Waals surface area contributed by atoms with E-state index in [1.165, 1.54) is 0 Å². The van der Waals surface area contributed by atoms with Gasteiger partial charge in [-0.05, 0) is 0 Å². The van der Waals surface area contributed by atoms with Gasteiger partial charge in [-0.15, -0.1) is 0 Å². The number of hydrogen-bond donors (Lipinski definition) is 0. The predicted molar refractivity (Wildman–Crippen MR) is 84.7 cm³/mol. The lowest BCUT2D eigenvalue weighted by atomic mass is 9.74. The molecule has 0 N–H and O–H groups in total. The molecule has 0 aliphatic rings. The maximum atomic E-state index is 14.6. The minimum absolute atomic E-state index is 0.166. The Balaban J connectivity index is 7.59. The van der Waals surface area contributed by atoms with Gasteiger partial charge in [0.15, 0.2) is 0 Å². The van der Waals surface area contributed by atoms with Crippen molar-refractivity contribution in [3.05, 3.63) is 0 Å². The third kappa shape index (κ3) is 5.11. The highest BCUT2D eigenvalue weighted by atomic mass is 19.4. The van der Waals surface area contributed by atoms with E-state index in [4.69, 9.17) is 0 Å². The quantitative estimate of drug-likeness (QED) is 0.127. The van der Waals surface area contributed by atoms with Crippen molar-refractivity contribution in [3.63, 3.8) is 0 Å². The van der Waals surface area contributed by atoms with E-state index in [2.05, 4.69) is 4.99 Å². The van der Waals surface area contributed by atoms with Crippen LogP contribution in [0.2, 0.25) is 0 Å². The number of halogens is 20. The van der Waals surface area contributed by atoms with Crippen molar-refractivity contribution in [1.29, 1.82) is 0 Å². The van der Waals surface area contributed by atoms with Gasteiger partial charge in [-0.3, -0.25) is 0 Å². The minimum Gasteiger partial charge on any atom is -0.227 e. The van der Waals surface area contributed by atoms with Gasteiger partial charge in [-0.1, -0.05) is 0 Å². The van der Waals surface area contributed by atoms with Crippen LogP contribution in [-0.2, 0) is 9.59 Å². The van der Waals surface area contributed by atoms with Gasteiger partial charge in [-0.25, -0.2) is 28.4 Å². The van der Waals surface area contributed by atoms with E-state index >= 15 is 0 Å². The molecule has 4 nitrogen and oxygen atoms in total. The number of alkyl halides is 20. The van der Waals surface area contributed by atoms with Crippen LogP contribution in [-0.4, -0.2) is 84.5 Å². The Morgan fingerprint density at radius 3 is 1.10 bits per heavy atom. The highest BCUT2D eigenvalue weighted by Gasteiger charge is 2.99. The number of hydrogen-bond acceptors (Lipinski definition) is 4. The summed E-state index contributed by atoms with van der Waals surface area (Å²) >= 11 is 0. The molecule has 40 heavy (non-hydrogen) atoms. The van der Waals surface area contributed by atoms with Gasteiger partial charge in [0.05, 0.1) is 13.1 Å². The van der Waals surface area contributed by atoms with Crippen LogP contribution >= 0.6 is 0 Å². The minimum atomic E-state index is -9.33. The first kappa shape index (κ1) is 37.4. The van der Waals surface area contributed by atoms with E-state index < -0.39 is 85.2 Å². The summed E-state index contributed by atoms with van der Waals surface area (Å²) in [6.45, 7) is -4.47. The first-order chi connectivity index (χ1) is 17.4. The predicted octanol–water partition coefficient (Wildman–Crippen LogP) is 6.79. The van der Waals surface area contributed by atoms with Crippen LogP contribution in [0.5, 0.6) is 0 Å². The van der Waals surface area contributed by atoms with Crippen molar-refractivity contribution in [2.24, 2.45) is 9.98 Å². The Hall–Kier alpha value is -2.64. The second kappa shape index (κ2) is 10.6. The van der Waals surface area contributed by atoms with Crippen molar-refractivity contribution < 1.29 is 97.4 Å². The molecule has 0 fully saturated rings. The van der Waals surface area contributed by atoms with Crippen molar-refractivity contribution in [3.8, 4) is 0 Å². The van der Waals surface area contributed by atoms with Crippen LogP contribution in [0.1, 0.15) is 12.8 Å². The molecule has 0 aromatic rings. The van der Waals surface area contributed by atoms with E-state index in [1.807, 2.05) is 4.99 Å². The number of carbonyl (C=O) groups excluding carboxylic acids is 2. The van der Waals surface area contributed by atoms with Crippen molar-refractivity contribution >= 4 is 12.2 Å². The highest BCUT2D eigenvalue weighted by Crippen LogP contribution is 2.68. The summed E-state index contributed by atoms with van der Waals surface area (Å²) in [5.41, 5.74) is -16.7. The molecule has 0 aliphatic heterocycles. The monoisotopic (exact) mass is 640 g/mol. The largest absolute Gasteiger partial charge is 0.435 e. The van der Waals surface area contributed by atoms with Crippen LogP contribution in [0.3, 0.4) is 0 Å². The Morgan fingerprint density at radius 2 is 0.775 bits per heavy atom. The molecule has 234 valence electrons. The second-order valence-corrected chi connectivity index (χ2v) is 7.48. The molecule has 0 radical (unpaired) electrons. The van der Waals surface area contributed by atoms with Crippen LogP contribution in [0, 0.1) is 0 Å². The van der Waals surface area contributed by atoms with Gasteiger partial charge in [0.1, 0.15) is 0 Å². The Morgan fingerprint density at radius 1 is 0.425 bits per heavy atom. The summed E-state index contributed by atoms with van der Waals surface area (Å²) in [6.07, 6.45) is -22.4.